The molecule has 0 radical (unpaired) electrons. The molecular formula is C73H127NO18. The van der Waals surface area contributed by atoms with Crippen molar-refractivity contribution < 1.29 is 89.4 Å². The highest BCUT2D eigenvalue weighted by Gasteiger charge is 2.53. The van der Waals surface area contributed by atoms with E-state index in [-0.39, 0.29) is 18.9 Å². The molecule has 3 aliphatic rings. The number of nitrogens with one attached hydrogen (secondary N) is 1. The lowest BCUT2D eigenvalue weighted by Crippen LogP contribution is -2.66. The molecule has 17 atom stereocenters. The summed E-state index contributed by atoms with van der Waals surface area (Å²) in [7, 11) is 0. The molecular weight excluding hydrogens is 1180 g/mol. The van der Waals surface area contributed by atoms with Crippen molar-refractivity contribution in [3.8, 4) is 0 Å². The van der Waals surface area contributed by atoms with Crippen LogP contribution in [0.3, 0.4) is 0 Å². The van der Waals surface area contributed by atoms with Crippen LogP contribution in [0.5, 0.6) is 0 Å². The number of hydrogen-bond donors (Lipinski definition) is 12. The fourth-order valence-electron chi connectivity index (χ4n) is 11.7. The third-order valence-electron chi connectivity index (χ3n) is 17.5. The summed E-state index contributed by atoms with van der Waals surface area (Å²) in [5.74, 6) is -0.249. The second-order valence-electron chi connectivity index (χ2n) is 25.3. The van der Waals surface area contributed by atoms with E-state index in [0.717, 1.165) is 103 Å². The fraction of sp³-hybridized carbons (Fsp3) is 0.795. The van der Waals surface area contributed by atoms with Gasteiger partial charge in [-0.15, -0.1) is 0 Å². The van der Waals surface area contributed by atoms with Gasteiger partial charge in [-0.05, 0) is 70.6 Å². The van der Waals surface area contributed by atoms with Crippen LogP contribution in [0.25, 0.3) is 0 Å². The van der Waals surface area contributed by atoms with E-state index in [1.54, 1.807) is 0 Å². The van der Waals surface area contributed by atoms with E-state index in [2.05, 4.69) is 104 Å². The third-order valence-corrected chi connectivity index (χ3v) is 17.5. The van der Waals surface area contributed by atoms with Crippen molar-refractivity contribution in [1.29, 1.82) is 0 Å². The van der Waals surface area contributed by atoms with Crippen LogP contribution in [0.15, 0.2) is 85.1 Å². The molecule has 1 amide bonds. The predicted molar refractivity (Wildman–Crippen MR) is 360 cm³/mol. The predicted octanol–water partition coefficient (Wildman–Crippen LogP) is 9.88. The first kappa shape index (κ1) is 83.2. The van der Waals surface area contributed by atoms with Crippen LogP contribution in [0.2, 0.25) is 0 Å². The van der Waals surface area contributed by atoms with Gasteiger partial charge in [0.05, 0.1) is 38.6 Å². The molecule has 0 aromatic rings. The normalized spacial score (nSPS) is 28.2. The maximum absolute atomic E-state index is 13.3. The molecule has 0 saturated carbocycles. The van der Waals surface area contributed by atoms with Crippen LogP contribution in [0.4, 0.5) is 0 Å². The molecule has 3 aliphatic heterocycles. The molecule has 532 valence electrons. The van der Waals surface area contributed by atoms with Gasteiger partial charge in [0.1, 0.15) is 73.2 Å². The Hall–Kier alpha value is -3.03. The molecule has 3 rings (SSSR count). The van der Waals surface area contributed by atoms with Gasteiger partial charge >= 0.3 is 0 Å². The molecule has 19 nitrogen and oxygen atoms in total. The summed E-state index contributed by atoms with van der Waals surface area (Å²) in [6.45, 7) is 1.59. The zero-order valence-corrected chi connectivity index (χ0v) is 56.3. The highest BCUT2D eigenvalue weighted by Crippen LogP contribution is 2.33. The van der Waals surface area contributed by atoms with Crippen molar-refractivity contribution in [3.63, 3.8) is 0 Å². The Labute approximate surface area is 552 Å². The lowest BCUT2D eigenvalue weighted by atomic mass is 9.96. The van der Waals surface area contributed by atoms with Crippen molar-refractivity contribution in [2.45, 2.75) is 343 Å². The third kappa shape index (κ3) is 35.3. The van der Waals surface area contributed by atoms with E-state index in [4.69, 9.17) is 28.4 Å². The van der Waals surface area contributed by atoms with E-state index < -0.39 is 124 Å². The van der Waals surface area contributed by atoms with Crippen molar-refractivity contribution in [1.82, 2.24) is 5.32 Å². The highest BCUT2D eigenvalue weighted by molar-refractivity contribution is 5.76. The largest absolute Gasteiger partial charge is 0.394 e. The molecule has 17 unspecified atom stereocenters. The standard InChI is InChI=1S/C73H127NO18/c1-3-5-7-9-11-12-13-14-15-16-17-18-19-20-21-22-23-24-25-26-27-28-29-30-31-32-33-34-35-36-37-38-39-40-41-42-43-44-45-47-49-51-61(79)74-56(57(78)50-48-46-10-8-6-4-2)55-87-71-67(85)64(82)69(59(53-76)89-71)92-73-68(86)65(83)70(60(54-77)90-73)91-72-66(84)63(81)62(80)58(52-75)88-72/h5,7,11-12,14-15,17-18,20-21,23-24,26-27,56-60,62-73,75-78,80-86H,3-4,6,8-10,13,16,19,22,25,28-55H2,1-2H3,(H,74,79)/b7-5-,12-11-,15-14-,18-17-,21-20-,24-23-,27-26-. The van der Waals surface area contributed by atoms with Gasteiger partial charge in [0.2, 0.25) is 5.91 Å². The van der Waals surface area contributed by atoms with Gasteiger partial charge in [-0.1, -0.05) is 247 Å². The first-order valence-corrected chi connectivity index (χ1v) is 35.8. The summed E-state index contributed by atoms with van der Waals surface area (Å²) in [5.41, 5.74) is 0. The Kier molecular flexibility index (Phi) is 48.9. The number of unbranched alkanes of at least 4 members (excludes halogenated alkanes) is 24. The molecule has 92 heavy (non-hydrogen) atoms. The maximum Gasteiger partial charge on any atom is 0.220 e. The number of carbonyl (C=O) groups is 1. The van der Waals surface area contributed by atoms with Crippen LogP contribution < -0.4 is 5.32 Å². The summed E-state index contributed by atoms with van der Waals surface area (Å²) in [5, 5.41) is 120. The lowest BCUT2D eigenvalue weighted by Gasteiger charge is -2.48. The fourth-order valence-corrected chi connectivity index (χ4v) is 11.7. The van der Waals surface area contributed by atoms with Crippen molar-refractivity contribution in [2.75, 3.05) is 26.4 Å². The minimum absolute atomic E-state index is 0.249. The van der Waals surface area contributed by atoms with Gasteiger partial charge in [-0.3, -0.25) is 4.79 Å². The van der Waals surface area contributed by atoms with Crippen LogP contribution in [0, 0.1) is 0 Å². The highest BCUT2D eigenvalue weighted by atomic mass is 16.8. The number of hydrogen-bond acceptors (Lipinski definition) is 18. The molecule has 0 aliphatic carbocycles. The molecule has 0 spiro atoms. The SMILES string of the molecule is CC/C=C\C/C=C\C/C=C\C/C=C\C/C=C\C/C=C\C/C=C\CCCCCCCCCCCCCCCCCCCCCC(=O)NC(COC1OC(CO)C(OC2OC(CO)C(OC3OC(CO)C(O)C(O)C3O)C(O)C2O)C(O)C1O)C(O)CCCCCCCC. The van der Waals surface area contributed by atoms with Gasteiger partial charge in [-0.2, -0.15) is 0 Å². The van der Waals surface area contributed by atoms with Crippen LogP contribution >= 0.6 is 0 Å². The monoisotopic (exact) mass is 1310 g/mol. The summed E-state index contributed by atoms with van der Waals surface area (Å²) in [6, 6.07) is -0.885. The number of carbonyl (C=O) groups excluding carboxylic acids is 1. The Bertz CT molecular complexity index is 2000. The quantitative estimate of drug-likeness (QED) is 0.0199. The van der Waals surface area contributed by atoms with E-state index in [1.807, 2.05) is 0 Å². The average Bonchev–Trinajstić information content (AvgIpc) is 0.817. The Morgan fingerprint density at radius 3 is 1.17 bits per heavy atom. The van der Waals surface area contributed by atoms with Crippen LogP contribution in [-0.4, -0.2) is 193 Å². The molecule has 12 N–H and O–H groups in total. The van der Waals surface area contributed by atoms with Gasteiger partial charge in [-0.25, -0.2) is 0 Å². The lowest BCUT2D eigenvalue weighted by molar-refractivity contribution is -0.379. The first-order chi connectivity index (χ1) is 44.8. The number of aliphatic hydroxyl groups excluding tert-OH is 11. The molecule has 0 aromatic carbocycles. The minimum atomic E-state index is -1.97. The zero-order valence-electron chi connectivity index (χ0n) is 56.3. The van der Waals surface area contributed by atoms with Crippen molar-refractivity contribution in [2.24, 2.45) is 0 Å². The molecule has 0 bridgehead atoms. The van der Waals surface area contributed by atoms with E-state index >= 15 is 0 Å². The Morgan fingerprint density at radius 1 is 0.402 bits per heavy atom. The van der Waals surface area contributed by atoms with E-state index in [1.165, 1.54) is 103 Å². The summed E-state index contributed by atoms with van der Waals surface area (Å²) < 4.78 is 34.2. The van der Waals surface area contributed by atoms with Crippen LogP contribution in [0.1, 0.15) is 239 Å². The number of rotatable bonds is 54. The molecule has 3 saturated heterocycles. The van der Waals surface area contributed by atoms with Crippen LogP contribution in [-0.2, 0) is 33.2 Å². The summed E-state index contributed by atoms with van der Waals surface area (Å²) in [6.07, 6.45) is 43.3. The van der Waals surface area contributed by atoms with Gasteiger partial charge in [0.25, 0.3) is 0 Å². The second-order valence-corrected chi connectivity index (χ2v) is 25.3. The first-order valence-electron chi connectivity index (χ1n) is 35.8. The maximum atomic E-state index is 13.3. The van der Waals surface area contributed by atoms with Gasteiger partial charge in [0.15, 0.2) is 18.9 Å². The van der Waals surface area contributed by atoms with Gasteiger partial charge < -0.3 is 89.9 Å². The van der Waals surface area contributed by atoms with E-state index in [9.17, 15) is 61.0 Å². The molecule has 19 heteroatoms. The number of ether oxygens (including phenoxy) is 6. The molecule has 0 aromatic heterocycles. The minimum Gasteiger partial charge on any atom is -0.394 e. The van der Waals surface area contributed by atoms with Gasteiger partial charge in [0, 0.05) is 6.42 Å². The Morgan fingerprint density at radius 2 is 0.750 bits per heavy atom. The summed E-state index contributed by atoms with van der Waals surface area (Å²) >= 11 is 0. The molecule has 3 heterocycles. The summed E-state index contributed by atoms with van der Waals surface area (Å²) in [4.78, 5) is 13.3. The topological polar surface area (TPSA) is 307 Å². The molecule has 3 fully saturated rings. The van der Waals surface area contributed by atoms with E-state index in [0.29, 0.717) is 12.8 Å². The Balaban J connectivity index is 1.23. The zero-order chi connectivity index (χ0) is 66.8. The van der Waals surface area contributed by atoms with Crippen molar-refractivity contribution >= 4 is 5.91 Å². The smallest absolute Gasteiger partial charge is 0.220 e. The second kappa shape index (κ2) is 54.0. The number of allylic oxidation sites excluding steroid dienone is 14. The number of aliphatic hydroxyl groups is 11. The number of amides is 1. The van der Waals surface area contributed by atoms with Crippen molar-refractivity contribution in [3.05, 3.63) is 85.1 Å². The average molecular weight is 1310 g/mol.